The van der Waals surface area contributed by atoms with Crippen LogP contribution in [-0.2, 0) is 4.74 Å². The molecule has 0 aliphatic carbocycles. The lowest BCUT2D eigenvalue weighted by molar-refractivity contribution is -0.0302. The SMILES string of the molecule is Cc1cc(C(=O)N2CCOC(C(C)N)C2)no1. The van der Waals surface area contributed by atoms with Crippen LogP contribution in [-0.4, -0.2) is 47.8 Å². The van der Waals surface area contributed by atoms with E-state index in [1.807, 2.05) is 6.92 Å². The van der Waals surface area contributed by atoms with Gasteiger partial charge in [0.25, 0.3) is 5.91 Å². The number of hydrogen-bond acceptors (Lipinski definition) is 5. The largest absolute Gasteiger partial charge is 0.373 e. The monoisotopic (exact) mass is 239 g/mol. The van der Waals surface area contributed by atoms with Crippen LogP contribution in [0.25, 0.3) is 0 Å². The van der Waals surface area contributed by atoms with E-state index in [0.29, 0.717) is 31.2 Å². The fourth-order valence-electron chi connectivity index (χ4n) is 1.81. The van der Waals surface area contributed by atoms with Crippen molar-refractivity contribution in [3.8, 4) is 0 Å². The molecule has 0 spiro atoms. The summed E-state index contributed by atoms with van der Waals surface area (Å²) in [6, 6.07) is 1.54. The van der Waals surface area contributed by atoms with Crippen LogP contribution in [0.1, 0.15) is 23.2 Å². The molecule has 0 radical (unpaired) electrons. The predicted molar refractivity (Wildman–Crippen MR) is 60.5 cm³/mol. The molecule has 0 saturated carbocycles. The number of hydrogen-bond donors (Lipinski definition) is 1. The van der Waals surface area contributed by atoms with Gasteiger partial charge in [-0.3, -0.25) is 4.79 Å². The molecule has 2 rings (SSSR count). The minimum atomic E-state index is -0.129. The summed E-state index contributed by atoms with van der Waals surface area (Å²) < 4.78 is 10.4. The Morgan fingerprint density at radius 2 is 2.47 bits per heavy atom. The number of carbonyl (C=O) groups is 1. The van der Waals surface area contributed by atoms with Crippen molar-refractivity contribution in [2.24, 2.45) is 5.73 Å². The summed E-state index contributed by atoms with van der Waals surface area (Å²) >= 11 is 0. The average Bonchev–Trinajstić information content (AvgIpc) is 2.75. The van der Waals surface area contributed by atoms with Crippen LogP contribution in [0, 0.1) is 6.92 Å². The Balaban J connectivity index is 2.04. The third-order valence-corrected chi connectivity index (χ3v) is 2.81. The Hall–Kier alpha value is -1.40. The number of ether oxygens (including phenoxy) is 1. The molecule has 1 saturated heterocycles. The van der Waals surface area contributed by atoms with Gasteiger partial charge >= 0.3 is 0 Å². The average molecular weight is 239 g/mol. The number of morpholine rings is 1. The second kappa shape index (κ2) is 4.85. The van der Waals surface area contributed by atoms with Crippen LogP contribution in [0.15, 0.2) is 10.6 Å². The highest BCUT2D eigenvalue weighted by Crippen LogP contribution is 2.12. The maximum absolute atomic E-state index is 12.1. The summed E-state index contributed by atoms with van der Waals surface area (Å²) in [6.07, 6.45) is -0.110. The third-order valence-electron chi connectivity index (χ3n) is 2.81. The Morgan fingerprint density at radius 3 is 3.06 bits per heavy atom. The molecule has 6 nitrogen and oxygen atoms in total. The van der Waals surface area contributed by atoms with E-state index in [-0.39, 0.29) is 18.1 Å². The van der Waals surface area contributed by atoms with Crippen molar-refractivity contribution in [3.63, 3.8) is 0 Å². The molecule has 1 aromatic heterocycles. The molecule has 2 atom stereocenters. The van der Waals surface area contributed by atoms with Gasteiger partial charge < -0.3 is 19.9 Å². The summed E-state index contributed by atoms with van der Waals surface area (Å²) in [4.78, 5) is 13.8. The zero-order valence-corrected chi connectivity index (χ0v) is 10.0. The standard InChI is InChI=1S/C11H17N3O3/c1-7-5-9(13-17-7)11(15)14-3-4-16-10(6-14)8(2)12/h5,8,10H,3-4,6,12H2,1-2H3. The van der Waals surface area contributed by atoms with Gasteiger partial charge in [0.05, 0.1) is 12.7 Å². The molecule has 1 amide bonds. The van der Waals surface area contributed by atoms with E-state index < -0.39 is 0 Å². The summed E-state index contributed by atoms with van der Waals surface area (Å²) in [6.45, 7) is 5.21. The zero-order valence-electron chi connectivity index (χ0n) is 10.0. The van der Waals surface area contributed by atoms with Crippen LogP contribution in [0.4, 0.5) is 0 Å². The Morgan fingerprint density at radius 1 is 1.71 bits per heavy atom. The molecule has 17 heavy (non-hydrogen) atoms. The molecular weight excluding hydrogens is 222 g/mol. The number of rotatable bonds is 2. The van der Waals surface area contributed by atoms with Gasteiger partial charge in [-0.2, -0.15) is 0 Å². The molecule has 6 heteroatoms. The molecule has 1 aliphatic rings. The van der Waals surface area contributed by atoms with Crippen LogP contribution < -0.4 is 5.73 Å². The van der Waals surface area contributed by atoms with Crippen molar-refractivity contribution in [1.29, 1.82) is 0 Å². The smallest absolute Gasteiger partial charge is 0.276 e. The van der Waals surface area contributed by atoms with Crippen LogP contribution in [0.3, 0.4) is 0 Å². The molecule has 2 unspecified atom stereocenters. The van der Waals surface area contributed by atoms with E-state index in [9.17, 15) is 4.79 Å². The lowest BCUT2D eigenvalue weighted by atomic mass is 10.1. The van der Waals surface area contributed by atoms with Gasteiger partial charge in [0, 0.05) is 25.2 Å². The quantitative estimate of drug-likeness (QED) is 0.795. The first-order chi connectivity index (χ1) is 8.08. The summed E-state index contributed by atoms with van der Waals surface area (Å²) in [7, 11) is 0. The highest BCUT2D eigenvalue weighted by atomic mass is 16.5. The molecule has 94 valence electrons. The number of aryl methyl sites for hydroxylation is 1. The predicted octanol–water partition coefficient (Wildman–Crippen LogP) is 0.171. The molecule has 2 heterocycles. The van der Waals surface area contributed by atoms with Crippen molar-refractivity contribution in [1.82, 2.24) is 10.1 Å². The summed E-state index contributed by atoms with van der Waals surface area (Å²) in [5.41, 5.74) is 6.12. The maximum Gasteiger partial charge on any atom is 0.276 e. The van der Waals surface area contributed by atoms with E-state index >= 15 is 0 Å². The molecule has 2 N–H and O–H groups in total. The van der Waals surface area contributed by atoms with Gasteiger partial charge in [-0.25, -0.2) is 0 Å². The lowest BCUT2D eigenvalue weighted by Crippen LogP contribution is -2.51. The lowest BCUT2D eigenvalue weighted by Gasteiger charge is -2.34. The van der Waals surface area contributed by atoms with Crippen molar-refractivity contribution in [3.05, 3.63) is 17.5 Å². The van der Waals surface area contributed by atoms with E-state index in [4.69, 9.17) is 15.0 Å². The molecule has 0 bridgehead atoms. The van der Waals surface area contributed by atoms with E-state index in [2.05, 4.69) is 5.16 Å². The number of nitrogens with two attached hydrogens (primary N) is 1. The molecule has 1 aliphatic heterocycles. The zero-order chi connectivity index (χ0) is 12.4. The molecular formula is C11H17N3O3. The van der Waals surface area contributed by atoms with Gasteiger partial charge in [0.15, 0.2) is 5.69 Å². The maximum atomic E-state index is 12.1. The van der Waals surface area contributed by atoms with Crippen molar-refractivity contribution < 1.29 is 14.1 Å². The highest BCUT2D eigenvalue weighted by Gasteiger charge is 2.28. The molecule has 1 fully saturated rings. The van der Waals surface area contributed by atoms with Crippen molar-refractivity contribution in [2.45, 2.75) is 26.0 Å². The number of nitrogens with zero attached hydrogens (tertiary/aromatic N) is 2. The van der Waals surface area contributed by atoms with E-state index in [0.717, 1.165) is 0 Å². The topological polar surface area (TPSA) is 81.6 Å². The number of amides is 1. The van der Waals surface area contributed by atoms with Crippen LogP contribution in [0.5, 0.6) is 0 Å². The van der Waals surface area contributed by atoms with E-state index in [1.54, 1.807) is 17.9 Å². The second-order valence-corrected chi connectivity index (χ2v) is 4.34. The Bertz CT molecular complexity index is 402. The minimum absolute atomic E-state index is 0.0929. The summed E-state index contributed by atoms with van der Waals surface area (Å²) in [5.74, 6) is 0.501. The number of aromatic nitrogens is 1. The fourth-order valence-corrected chi connectivity index (χ4v) is 1.81. The second-order valence-electron chi connectivity index (χ2n) is 4.34. The third kappa shape index (κ3) is 2.65. The van der Waals surface area contributed by atoms with Crippen molar-refractivity contribution >= 4 is 5.91 Å². The molecule has 0 aromatic carbocycles. The van der Waals surface area contributed by atoms with Gasteiger partial charge in [-0.05, 0) is 13.8 Å². The fraction of sp³-hybridized carbons (Fsp3) is 0.636. The van der Waals surface area contributed by atoms with Crippen LogP contribution >= 0.6 is 0 Å². The number of carbonyl (C=O) groups excluding carboxylic acids is 1. The van der Waals surface area contributed by atoms with Crippen LogP contribution in [0.2, 0.25) is 0 Å². The van der Waals surface area contributed by atoms with Crippen molar-refractivity contribution in [2.75, 3.05) is 19.7 Å². The Labute approximate surface area is 99.7 Å². The van der Waals surface area contributed by atoms with Gasteiger partial charge in [-0.1, -0.05) is 5.16 Å². The first-order valence-corrected chi connectivity index (χ1v) is 5.67. The van der Waals surface area contributed by atoms with Gasteiger partial charge in [0.2, 0.25) is 0 Å². The summed E-state index contributed by atoms with van der Waals surface area (Å²) in [5, 5.41) is 3.72. The van der Waals surface area contributed by atoms with Gasteiger partial charge in [0.1, 0.15) is 5.76 Å². The normalized spacial score (nSPS) is 22.5. The Kier molecular flexibility index (Phi) is 3.44. The van der Waals surface area contributed by atoms with Gasteiger partial charge in [-0.15, -0.1) is 0 Å². The first kappa shape index (κ1) is 12.1. The minimum Gasteiger partial charge on any atom is -0.373 e. The van der Waals surface area contributed by atoms with E-state index in [1.165, 1.54) is 0 Å². The highest BCUT2D eigenvalue weighted by molar-refractivity contribution is 5.92. The first-order valence-electron chi connectivity index (χ1n) is 5.67. The molecule has 1 aromatic rings.